The Balaban J connectivity index is 2.87. The van der Waals surface area contributed by atoms with Crippen molar-refractivity contribution in [3.8, 4) is 11.5 Å². The Morgan fingerprint density at radius 1 is 1.08 bits per heavy atom. The minimum Gasteiger partial charge on any atom is -0.287 e. The normalized spacial score (nSPS) is 13.2. The maximum atomic E-state index is 12.6. The van der Waals surface area contributed by atoms with Crippen molar-refractivity contribution in [2.24, 2.45) is 0 Å². The van der Waals surface area contributed by atoms with Crippen LogP contribution in [0.15, 0.2) is 30.3 Å². The van der Waals surface area contributed by atoms with E-state index in [9.17, 15) is 4.57 Å². The van der Waals surface area contributed by atoms with E-state index in [4.69, 9.17) is 13.6 Å². The van der Waals surface area contributed by atoms with Crippen molar-refractivity contribution in [3.63, 3.8) is 0 Å². The average Bonchev–Trinajstić information content (AvgIpc) is 2.51. The molecule has 0 aliphatic carbocycles. The Morgan fingerprint density at radius 3 is 2.17 bits per heavy atom. The highest BCUT2D eigenvalue weighted by atomic mass is 31.2. The predicted molar refractivity (Wildman–Crippen MR) is 102 cm³/mol. The molecule has 0 saturated heterocycles. The van der Waals surface area contributed by atoms with Gasteiger partial charge in [0.2, 0.25) is 0 Å². The van der Waals surface area contributed by atoms with Crippen LogP contribution in [0.4, 0.5) is 0 Å². The molecule has 0 N–H and O–H groups in total. The highest BCUT2D eigenvalue weighted by Gasteiger charge is 2.29. The first kappa shape index (κ1) is 21.2. The molecule has 0 amide bonds. The predicted octanol–water partition coefficient (Wildman–Crippen LogP) is 5.07. The molecule has 24 heavy (non-hydrogen) atoms. The van der Waals surface area contributed by atoms with Gasteiger partial charge in [-0.2, -0.15) is 0 Å². The number of phosphoric ester groups is 1. The number of aryl methyl sites for hydroxylation is 1. The van der Waals surface area contributed by atoms with Crippen LogP contribution in [-0.2, 0) is 24.6 Å². The van der Waals surface area contributed by atoms with Gasteiger partial charge in [0.1, 0.15) is 14.2 Å². The molecule has 0 aliphatic heterocycles. The quantitative estimate of drug-likeness (QED) is 0.347. The van der Waals surface area contributed by atoms with E-state index in [2.05, 4.69) is 43.2 Å². The molecule has 0 spiro atoms. The van der Waals surface area contributed by atoms with Gasteiger partial charge >= 0.3 is 7.82 Å². The zero-order chi connectivity index (χ0) is 18.1. The van der Waals surface area contributed by atoms with Gasteiger partial charge in [-0.05, 0) is 32.3 Å². The van der Waals surface area contributed by atoms with Gasteiger partial charge in [0.05, 0.1) is 13.2 Å². The summed E-state index contributed by atoms with van der Waals surface area (Å²) in [6.07, 6.45) is 0.969. The summed E-state index contributed by atoms with van der Waals surface area (Å²) >= 11 is 0. The van der Waals surface area contributed by atoms with Crippen molar-refractivity contribution in [1.82, 2.24) is 0 Å². The molecule has 1 rings (SSSR count). The summed E-state index contributed by atoms with van der Waals surface area (Å²) in [7, 11) is -5.12. The third-order valence-electron chi connectivity index (χ3n) is 2.98. The van der Waals surface area contributed by atoms with Crippen LogP contribution < -0.4 is 0 Å². The zero-order valence-electron chi connectivity index (χ0n) is 15.4. The number of phosphoric acid groups is 1. The van der Waals surface area contributed by atoms with Gasteiger partial charge in [0.25, 0.3) is 0 Å². The van der Waals surface area contributed by atoms with Crippen molar-refractivity contribution in [2.75, 3.05) is 13.2 Å². The van der Waals surface area contributed by atoms with Crippen LogP contribution in [0.3, 0.4) is 0 Å². The van der Waals surface area contributed by atoms with Crippen LogP contribution in [0, 0.1) is 11.5 Å². The molecular weight excluding hydrogens is 339 g/mol. The standard InChI is InChI=1S/C18H29O4PSi/c1-6-20-23(19,21-7-2)22-18(15-16-24(3,4)5)14-13-17-11-9-8-10-12-17/h8-12,18H,6-7,13-14H2,1-5H3/t18-/m0/s1. The van der Waals surface area contributed by atoms with E-state index in [1.165, 1.54) is 5.56 Å². The minimum atomic E-state index is -3.57. The SMILES string of the molecule is CCOP(=O)(OCC)O[C@H](C#C[Si](C)(C)C)CCc1ccccc1. The van der Waals surface area contributed by atoms with E-state index in [0.29, 0.717) is 6.42 Å². The highest BCUT2D eigenvalue weighted by molar-refractivity contribution is 7.48. The van der Waals surface area contributed by atoms with Gasteiger partial charge in [0.15, 0.2) is 0 Å². The van der Waals surface area contributed by atoms with E-state index in [1.807, 2.05) is 18.2 Å². The lowest BCUT2D eigenvalue weighted by molar-refractivity contribution is 0.101. The second-order valence-electron chi connectivity index (χ2n) is 6.42. The monoisotopic (exact) mass is 368 g/mol. The Hall–Kier alpha value is -0.893. The van der Waals surface area contributed by atoms with Crippen LogP contribution in [0.1, 0.15) is 25.8 Å². The van der Waals surface area contributed by atoms with Gasteiger partial charge < -0.3 is 0 Å². The second-order valence-corrected chi connectivity index (χ2v) is 12.8. The average molecular weight is 368 g/mol. The molecule has 1 aromatic rings. The molecule has 0 heterocycles. The Kier molecular flexibility index (Phi) is 8.97. The lowest BCUT2D eigenvalue weighted by atomic mass is 10.1. The molecule has 0 unspecified atom stereocenters. The van der Waals surface area contributed by atoms with Gasteiger partial charge in [0, 0.05) is 0 Å². The summed E-state index contributed by atoms with van der Waals surface area (Å²) in [6, 6.07) is 10.1. The van der Waals surface area contributed by atoms with E-state index in [-0.39, 0.29) is 13.2 Å². The summed E-state index contributed by atoms with van der Waals surface area (Å²) in [6.45, 7) is 10.6. The largest absolute Gasteiger partial charge is 0.475 e. The van der Waals surface area contributed by atoms with Crippen molar-refractivity contribution in [1.29, 1.82) is 0 Å². The zero-order valence-corrected chi connectivity index (χ0v) is 17.3. The fourth-order valence-electron chi connectivity index (χ4n) is 1.96. The fraction of sp³-hybridized carbons (Fsp3) is 0.556. The first-order valence-electron chi connectivity index (χ1n) is 8.42. The molecule has 0 radical (unpaired) electrons. The molecule has 4 nitrogen and oxygen atoms in total. The molecule has 6 heteroatoms. The van der Waals surface area contributed by atoms with Gasteiger partial charge in [-0.25, -0.2) is 4.57 Å². The summed E-state index contributed by atoms with van der Waals surface area (Å²) in [5, 5.41) is 0. The molecule has 0 saturated carbocycles. The van der Waals surface area contributed by atoms with Gasteiger partial charge in [-0.15, -0.1) is 5.54 Å². The van der Waals surface area contributed by atoms with E-state index >= 15 is 0 Å². The molecule has 0 fully saturated rings. The lowest BCUT2D eigenvalue weighted by Gasteiger charge is -2.20. The van der Waals surface area contributed by atoms with Crippen LogP contribution in [0.5, 0.6) is 0 Å². The Morgan fingerprint density at radius 2 is 1.67 bits per heavy atom. The van der Waals surface area contributed by atoms with Crippen LogP contribution in [0.25, 0.3) is 0 Å². The number of hydrogen-bond donors (Lipinski definition) is 0. The van der Waals surface area contributed by atoms with E-state index < -0.39 is 22.0 Å². The van der Waals surface area contributed by atoms with Crippen LogP contribution >= 0.6 is 7.82 Å². The lowest BCUT2D eigenvalue weighted by Crippen LogP contribution is -2.19. The number of hydrogen-bond acceptors (Lipinski definition) is 4. The smallest absolute Gasteiger partial charge is 0.287 e. The van der Waals surface area contributed by atoms with Gasteiger partial charge in [-0.1, -0.05) is 55.9 Å². The third-order valence-corrected chi connectivity index (χ3v) is 5.53. The summed E-state index contributed by atoms with van der Waals surface area (Å²) in [5.41, 5.74) is 4.49. The fourth-order valence-corrected chi connectivity index (χ4v) is 3.85. The van der Waals surface area contributed by atoms with Crippen molar-refractivity contribution in [3.05, 3.63) is 35.9 Å². The Labute approximate surface area is 147 Å². The van der Waals surface area contributed by atoms with Crippen LogP contribution in [-0.4, -0.2) is 27.4 Å². The molecule has 0 aliphatic rings. The maximum absolute atomic E-state index is 12.6. The van der Waals surface area contributed by atoms with Gasteiger partial charge in [-0.3, -0.25) is 13.6 Å². The first-order chi connectivity index (χ1) is 11.3. The molecule has 0 bridgehead atoms. The third kappa shape index (κ3) is 8.82. The number of rotatable bonds is 9. The Bertz CT molecular complexity index is 577. The number of benzene rings is 1. The highest BCUT2D eigenvalue weighted by Crippen LogP contribution is 2.50. The minimum absolute atomic E-state index is 0.268. The second kappa shape index (κ2) is 10.2. The molecule has 0 aromatic heterocycles. The summed E-state index contributed by atoms with van der Waals surface area (Å²) < 4.78 is 28.8. The molecule has 134 valence electrons. The topological polar surface area (TPSA) is 44.8 Å². The van der Waals surface area contributed by atoms with Crippen molar-refractivity contribution >= 4 is 15.9 Å². The summed E-state index contributed by atoms with van der Waals surface area (Å²) in [4.78, 5) is 0. The van der Waals surface area contributed by atoms with Crippen LogP contribution in [0.2, 0.25) is 19.6 Å². The maximum Gasteiger partial charge on any atom is 0.475 e. The van der Waals surface area contributed by atoms with E-state index in [0.717, 1.165) is 6.42 Å². The van der Waals surface area contributed by atoms with Crippen molar-refractivity contribution in [2.45, 2.75) is 52.4 Å². The molecule has 1 atom stereocenters. The molecular formula is C18H29O4PSi. The van der Waals surface area contributed by atoms with Crippen molar-refractivity contribution < 1.29 is 18.1 Å². The first-order valence-corrected chi connectivity index (χ1v) is 13.4. The molecule has 1 aromatic carbocycles. The van der Waals surface area contributed by atoms with E-state index in [1.54, 1.807) is 13.8 Å². The summed E-state index contributed by atoms with van der Waals surface area (Å²) in [5.74, 6) is 3.16.